The molecule has 0 heterocycles. The second-order valence-corrected chi connectivity index (χ2v) is 0.874. The molecule has 0 aliphatic heterocycles. The van der Waals surface area contributed by atoms with Gasteiger partial charge in [-0.25, -0.2) is 0 Å². The lowest BCUT2D eigenvalue weighted by Gasteiger charge is -1.86. The summed E-state index contributed by atoms with van der Waals surface area (Å²) in [5.74, 6) is -0.646. The highest BCUT2D eigenvalue weighted by molar-refractivity contribution is 5.75. The number of hydrogen-bond acceptors (Lipinski definition) is 3. The van der Waals surface area contributed by atoms with E-state index in [-0.39, 0.29) is 13.1 Å². The molecule has 0 aliphatic carbocycles. The molecular formula is C3H5NO3. The van der Waals surface area contributed by atoms with Gasteiger partial charge in [-0.1, -0.05) is 0 Å². The summed E-state index contributed by atoms with van der Waals surface area (Å²) in [6, 6.07) is 0. The van der Waals surface area contributed by atoms with E-state index in [1.807, 2.05) is 0 Å². The molecule has 0 unspecified atom stereocenters. The van der Waals surface area contributed by atoms with Crippen molar-refractivity contribution < 1.29 is 14.3 Å². The van der Waals surface area contributed by atoms with Crippen molar-refractivity contribution in [2.45, 2.75) is 0 Å². The minimum atomic E-state index is -0.646. The van der Waals surface area contributed by atoms with E-state index in [2.05, 4.69) is 10.5 Å². The fraction of sp³-hybridized carbons (Fsp3) is 0.333. The summed E-state index contributed by atoms with van der Waals surface area (Å²) in [5, 5.41) is 0. The highest BCUT2D eigenvalue weighted by Crippen LogP contribution is 1.60. The molecule has 0 spiro atoms. The standard InChI is InChI=1S/C3H5NO3/c4-3(6)1-7-2-5/h2H,1H2,(H2,4,6). The van der Waals surface area contributed by atoms with E-state index in [4.69, 9.17) is 0 Å². The maximum atomic E-state index is 9.70. The largest absolute Gasteiger partial charge is 0.458 e. The predicted octanol–water partition coefficient (Wildman–Crippen LogP) is -1.36. The number of rotatable bonds is 3. The van der Waals surface area contributed by atoms with Gasteiger partial charge in [0.2, 0.25) is 0 Å². The molecule has 0 aliphatic rings. The predicted molar refractivity (Wildman–Crippen MR) is 21.2 cm³/mol. The van der Waals surface area contributed by atoms with E-state index in [1.165, 1.54) is 0 Å². The fourth-order valence-electron chi connectivity index (χ4n) is 0.116. The highest BCUT2D eigenvalue weighted by atomic mass is 16.5. The second-order valence-electron chi connectivity index (χ2n) is 0.874. The van der Waals surface area contributed by atoms with Crippen LogP contribution in [-0.4, -0.2) is 19.0 Å². The molecule has 0 atom stereocenters. The Labute approximate surface area is 40.2 Å². The Morgan fingerprint density at radius 2 is 2.43 bits per heavy atom. The molecule has 0 saturated carbocycles. The van der Waals surface area contributed by atoms with Crippen molar-refractivity contribution >= 4 is 12.4 Å². The summed E-state index contributed by atoms with van der Waals surface area (Å²) in [6.45, 7) is -0.158. The van der Waals surface area contributed by atoms with Crippen molar-refractivity contribution in [2.24, 2.45) is 5.73 Å². The van der Waals surface area contributed by atoms with Crippen LogP contribution in [0.1, 0.15) is 0 Å². The molecule has 2 N–H and O–H groups in total. The third-order valence-electron chi connectivity index (χ3n) is 0.294. The molecule has 40 valence electrons. The summed E-state index contributed by atoms with van der Waals surface area (Å²) >= 11 is 0. The molecule has 1 amide bonds. The topological polar surface area (TPSA) is 69.4 Å². The first-order valence-electron chi connectivity index (χ1n) is 1.61. The lowest BCUT2D eigenvalue weighted by molar-refractivity contribution is -0.135. The van der Waals surface area contributed by atoms with Gasteiger partial charge in [0.05, 0.1) is 0 Å². The number of primary amides is 1. The number of nitrogens with two attached hydrogens (primary N) is 1. The molecule has 0 aromatic rings. The van der Waals surface area contributed by atoms with E-state index < -0.39 is 5.91 Å². The van der Waals surface area contributed by atoms with Gasteiger partial charge in [0, 0.05) is 0 Å². The summed E-state index contributed by atoms with van der Waals surface area (Å²) in [5.41, 5.74) is 4.56. The zero-order chi connectivity index (χ0) is 5.70. The zero-order valence-corrected chi connectivity index (χ0v) is 3.59. The van der Waals surface area contributed by atoms with Gasteiger partial charge < -0.3 is 10.5 Å². The number of carbonyl (C=O) groups excluding carboxylic acids is 2. The van der Waals surface area contributed by atoms with Crippen molar-refractivity contribution in [2.75, 3.05) is 6.61 Å². The van der Waals surface area contributed by atoms with Gasteiger partial charge in [-0.3, -0.25) is 9.59 Å². The molecule has 0 aromatic heterocycles. The summed E-state index contributed by atoms with van der Waals surface area (Å²) in [4.78, 5) is 19.0. The normalized spacial score (nSPS) is 7.43. The first-order chi connectivity index (χ1) is 3.27. The maximum Gasteiger partial charge on any atom is 0.293 e. The van der Waals surface area contributed by atoms with Gasteiger partial charge in [0.1, 0.15) is 0 Å². The SMILES string of the molecule is NC(=O)COC=O. The van der Waals surface area contributed by atoms with Crippen LogP contribution in [0, 0.1) is 0 Å². The Hall–Kier alpha value is -1.06. The smallest absolute Gasteiger partial charge is 0.293 e. The van der Waals surface area contributed by atoms with Gasteiger partial charge >= 0.3 is 0 Å². The summed E-state index contributed by atoms with van der Waals surface area (Å²) in [7, 11) is 0. The Morgan fingerprint density at radius 3 is 2.57 bits per heavy atom. The molecule has 4 heteroatoms. The van der Waals surface area contributed by atoms with Crippen LogP contribution in [0.15, 0.2) is 0 Å². The van der Waals surface area contributed by atoms with Crippen molar-refractivity contribution in [3.63, 3.8) is 0 Å². The van der Waals surface area contributed by atoms with E-state index in [9.17, 15) is 9.59 Å². The monoisotopic (exact) mass is 103 g/mol. The van der Waals surface area contributed by atoms with Gasteiger partial charge in [-0.05, 0) is 0 Å². The molecule has 0 aromatic carbocycles. The molecule has 7 heavy (non-hydrogen) atoms. The van der Waals surface area contributed by atoms with Crippen LogP contribution in [0.25, 0.3) is 0 Å². The minimum Gasteiger partial charge on any atom is -0.458 e. The van der Waals surface area contributed by atoms with Crippen molar-refractivity contribution in [1.29, 1.82) is 0 Å². The molecule has 0 saturated heterocycles. The van der Waals surface area contributed by atoms with Crippen molar-refractivity contribution in [1.82, 2.24) is 0 Å². The Morgan fingerprint density at radius 1 is 1.86 bits per heavy atom. The van der Waals surface area contributed by atoms with Crippen LogP contribution in [-0.2, 0) is 14.3 Å². The van der Waals surface area contributed by atoms with Crippen LogP contribution in [0.4, 0.5) is 0 Å². The first kappa shape index (κ1) is 5.94. The van der Waals surface area contributed by atoms with Crippen LogP contribution in [0.3, 0.4) is 0 Å². The Bertz CT molecular complexity index is 80.2. The summed E-state index contributed by atoms with van der Waals surface area (Å²) < 4.78 is 3.94. The van der Waals surface area contributed by atoms with Gasteiger partial charge in [-0.2, -0.15) is 0 Å². The number of ether oxygens (including phenoxy) is 1. The van der Waals surface area contributed by atoms with Crippen LogP contribution in [0.5, 0.6) is 0 Å². The first-order valence-corrected chi connectivity index (χ1v) is 1.61. The molecule has 0 radical (unpaired) electrons. The zero-order valence-electron chi connectivity index (χ0n) is 3.59. The third kappa shape index (κ3) is 4.94. The van der Waals surface area contributed by atoms with E-state index in [1.54, 1.807) is 0 Å². The molecule has 0 rings (SSSR count). The molecular weight excluding hydrogens is 98.0 g/mol. The minimum absolute atomic E-state index is 0.171. The second kappa shape index (κ2) is 3.14. The average molecular weight is 103 g/mol. The highest BCUT2D eigenvalue weighted by Gasteiger charge is 1.87. The van der Waals surface area contributed by atoms with E-state index in [0.29, 0.717) is 0 Å². The number of amides is 1. The Kier molecular flexibility index (Phi) is 2.67. The Balaban J connectivity index is 2.97. The lowest BCUT2D eigenvalue weighted by Crippen LogP contribution is -2.17. The quantitative estimate of drug-likeness (QED) is 0.449. The van der Waals surface area contributed by atoms with Gasteiger partial charge in [-0.15, -0.1) is 0 Å². The molecule has 0 fully saturated rings. The van der Waals surface area contributed by atoms with Crippen LogP contribution >= 0.6 is 0 Å². The molecule has 4 nitrogen and oxygen atoms in total. The third-order valence-corrected chi connectivity index (χ3v) is 0.294. The van der Waals surface area contributed by atoms with Gasteiger partial charge in [0.25, 0.3) is 12.4 Å². The van der Waals surface area contributed by atoms with Crippen LogP contribution < -0.4 is 5.73 Å². The van der Waals surface area contributed by atoms with Gasteiger partial charge in [0.15, 0.2) is 6.61 Å². The molecule has 0 bridgehead atoms. The maximum absolute atomic E-state index is 9.70. The van der Waals surface area contributed by atoms with E-state index >= 15 is 0 Å². The number of hydrogen-bond donors (Lipinski definition) is 1. The average Bonchev–Trinajstić information content (AvgIpc) is 1.61. The van der Waals surface area contributed by atoms with Crippen molar-refractivity contribution in [3.05, 3.63) is 0 Å². The lowest BCUT2D eigenvalue weighted by atomic mass is 10.7. The van der Waals surface area contributed by atoms with E-state index in [0.717, 1.165) is 0 Å². The van der Waals surface area contributed by atoms with Crippen LogP contribution in [0.2, 0.25) is 0 Å². The summed E-state index contributed by atoms with van der Waals surface area (Å²) in [6.07, 6.45) is 0. The van der Waals surface area contributed by atoms with Crippen molar-refractivity contribution in [3.8, 4) is 0 Å². The fourth-order valence-corrected chi connectivity index (χ4v) is 0.116. The number of carbonyl (C=O) groups is 2.